The predicted octanol–water partition coefficient (Wildman–Crippen LogP) is 2.52. The van der Waals surface area contributed by atoms with Crippen LogP contribution in [-0.4, -0.2) is 4.98 Å². The maximum atomic E-state index is 8.65. The topological polar surface area (TPSA) is 36.7 Å². The number of rotatable bonds is 0. The van der Waals surface area contributed by atoms with E-state index in [1.807, 2.05) is 29.5 Å². The van der Waals surface area contributed by atoms with E-state index < -0.39 is 0 Å². The molecule has 4 heteroatoms. The molecule has 0 aromatic carbocycles. The third-order valence-electron chi connectivity index (χ3n) is 1.25. The largest absolute Gasteiger partial charge is 0.229 e. The molecule has 1 aromatic heterocycles. The van der Waals surface area contributed by atoms with Crippen molar-refractivity contribution in [3.63, 3.8) is 0 Å². The molecule has 11 heavy (non-hydrogen) atoms. The fourth-order valence-electron chi connectivity index (χ4n) is 0.730. The molecule has 0 aliphatic carbocycles. The van der Waals surface area contributed by atoms with Gasteiger partial charge in [0.05, 0.1) is 5.56 Å². The zero-order chi connectivity index (χ0) is 8.43. The van der Waals surface area contributed by atoms with Gasteiger partial charge in [-0.3, -0.25) is 0 Å². The van der Waals surface area contributed by atoms with Crippen molar-refractivity contribution in [1.82, 2.24) is 4.98 Å². The number of aromatic nitrogens is 1. The van der Waals surface area contributed by atoms with Gasteiger partial charge in [0, 0.05) is 0 Å². The van der Waals surface area contributed by atoms with E-state index in [2.05, 4.69) is 11.1 Å². The van der Waals surface area contributed by atoms with Crippen LogP contribution in [0.3, 0.4) is 0 Å². The molecule has 0 aliphatic heterocycles. The third kappa shape index (κ3) is 1.82. The van der Waals surface area contributed by atoms with Crippen molar-refractivity contribution in [2.75, 3.05) is 0 Å². The molecule has 0 spiro atoms. The van der Waals surface area contributed by atoms with Crippen molar-refractivity contribution < 1.29 is 0 Å². The van der Waals surface area contributed by atoms with Crippen molar-refractivity contribution in [3.8, 4) is 6.07 Å². The molecular weight excluding hydrogens is 274 g/mol. The minimum Gasteiger partial charge on any atom is -0.229 e. The molecule has 1 heterocycles. The smallest absolute Gasteiger partial charge is 0.130 e. The van der Waals surface area contributed by atoms with Crippen LogP contribution in [0.1, 0.15) is 11.1 Å². The molecule has 0 saturated carbocycles. The molecule has 0 radical (unpaired) electrons. The molecule has 0 atom stereocenters. The molecule has 0 bridgehead atoms. The van der Waals surface area contributed by atoms with Crippen LogP contribution in [0, 0.1) is 22.0 Å². The van der Waals surface area contributed by atoms with Crippen molar-refractivity contribution in [3.05, 3.63) is 26.0 Å². The van der Waals surface area contributed by atoms with Crippen LogP contribution < -0.4 is 0 Å². The molecular formula is C7H4ClIN2. The highest BCUT2D eigenvalue weighted by Gasteiger charge is 2.04. The van der Waals surface area contributed by atoms with Gasteiger partial charge in [-0.2, -0.15) is 5.26 Å². The minimum atomic E-state index is 0.436. The van der Waals surface area contributed by atoms with Gasteiger partial charge in [-0.1, -0.05) is 11.6 Å². The number of pyridine rings is 1. The second-order valence-electron chi connectivity index (χ2n) is 2.04. The summed E-state index contributed by atoms with van der Waals surface area (Å²) in [6, 6.07) is 3.74. The van der Waals surface area contributed by atoms with E-state index >= 15 is 0 Å². The van der Waals surface area contributed by atoms with Gasteiger partial charge in [-0.05, 0) is 41.1 Å². The highest BCUT2D eigenvalue weighted by molar-refractivity contribution is 14.1. The van der Waals surface area contributed by atoms with E-state index in [4.69, 9.17) is 16.9 Å². The Hall–Kier alpha value is -0.340. The highest BCUT2D eigenvalue weighted by Crippen LogP contribution is 2.17. The molecule has 0 fully saturated rings. The second kappa shape index (κ2) is 3.37. The van der Waals surface area contributed by atoms with Crippen molar-refractivity contribution in [2.24, 2.45) is 0 Å². The van der Waals surface area contributed by atoms with Crippen LogP contribution in [0.25, 0.3) is 0 Å². The molecule has 1 aromatic rings. The Morgan fingerprint density at radius 3 is 2.82 bits per heavy atom. The van der Waals surface area contributed by atoms with Gasteiger partial charge >= 0.3 is 0 Å². The number of nitriles is 1. The number of halogens is 2. The van der Waals surface area contributed by atoms with E-state index in [-0.39, 0.29) is 0 Å². The van der Waals surface area contributed by atoms with Gasteiger partial charge in [-0.15, -0.1) is 0 Å². The summed E-state index contributed by atoms with van der Waals surface area (Å²) in [5.41, 5.74) is 1.48. The summed E-state index contributed by atoms with van der Waals surface area (Å²) in [6.07, 6.45) is 0. The highest BCUT2D eigenvalue weighted by atomic mass is 127. The zero-order valence-electron chi connectivity index (χ0n) is 5.73. The average molecular weight is 278 g/mol. The lowest BCUT2D eigenvalue weighted by Gasteiger charge is -1.98. The molecule has 0 amide bonds. The lowest BCUT2D eigenvalue weighted by atomic mass is 10.2. The first-order valence-electron chi connectivity index (χ1n) is 2.88. The molecule has 0 unspecified atom stereocenters. The van der Waals surface area contributed by atoms with E-state index in [9.17, 15) is 0 Å². The van der Waals surface area contributed by atoms with E-state index in [0.29, 0.717) is 14.4 Å². The van der Waals surface area contributed by atoms with Crippen LogP contribution in [0.2, 0.25) is 5.15 Å². The zero-order valence-corrected chi connectivity index (χ0v) is 8.64. The van der Waals surface area contributed by atoms with Crippen molar-refractivity contribution >= 4 is 34.2 Å². The van der Waals surface area contributed by atoms with E-state index in [1.165, 1.54) is 0 Å². The van der Waals surface area contributed by atoms with Crippen LogP contribution in [0.4, 0.5) is 0 Å². The summed E-state index contributed by atoms with van der Waals surface area (Å²) in [5.74, 6) is 0. The SMILES string of the molecule is Cc1cc(Cl)nc(I)c1C#N. The molecule has 56 valence electrons. The standard InChI is InChI=1S/C7H4ClIN2/c1-4-2-6(8)11-7(9)5(4)3-10/h2H,1H3. The Balaban J connectivity index is 3.40. The summed E-state index contributed by atoms with van der Waals surface area (Å²) in [5, 5.41) is 9.09. The van der Waals surface area contributed by atoms with Crippen LogP contribution >= 0.6 is 34.2 Å². The fraction of sp³-hybridized carbons (Fsp3) is 0.143. The first-order valence-corrected chi connectivity index (χ1v) is 4.33. The lowest BCUT2D eigenvalue weighted by Crippen LogP contribution is -1.91. The maximum absolute atomic E-state index is 8.65. The van der Waals surface area contributed by atoms with E-state index in [0.717, 1.165) is 5.56 Å². The lowest BCUT2D eigenvalue weighted by molar-refractivity contribution is 1.21. The number of hydrogen-bond acceptors (Lipinski definition) is 2. The Kier molecular flexibility index (Phi) is 2.68. The first-order chi connectivity index (χ1) is 5.15. The summed E-state index contributed by atoms with van der Waals surface area (Å²) in [7, 11) is 0. The molecule has 0 aliphatic rings. The number of aryl methyl sites for hydroxylation is 1. The van der Waals surface area contributed by atoms with Gasteiger partial charge < -0.3 is 0 Å². The fourth-order valence-corrected chi connectivity index (χ4v) is 1.93. The van der Waals surface area contributed by atoms with E-state index in [1.54, 1.807) is 6.07 Å². The van der Waals surface area contributed by atoms with Gasteiger partial charge in [0.2, 0.25) is 0 Å². The van der Waals surface area contributed by atoms with Crippen LogP contribution in [-0.2, 0) is 0 Å². The van der Waals surface area contributed by atoms with Crippen LogP contribution in [0.15, 0.2) is 6.07 Å². The number of nitrogens with zero attached hydrogens (tertiary/aromatic N) is 2. The predicted molar refractivity (Wildman–Crippen MR) is 51.4 cm³/mol. The summed E-state index contributed by atoms with van der Waals surface area (Å²) in [4.78, 5) is 3.93. The normalized spacial score (nSPS) is 9.27. The second-order valence-corrected chi connectivity index (χ2v) is 3.45. The Labute approximate surface area is 83.3 Å². The van der Waals surface area contributed by atoms with Gasteiger partial charge in [0.1, 0.15) is 14.9 Å². The third-order valence-corrected chi connectivity index (χ3v) is 2.23. The average Bonchev–Trinajstić information content (AvgIpc) is 1.85. The van der Waals surface area contributed by atoms with Crippen molar-refractivity contribution in [1.29, 1.82) is 5.26 Å². The Bertz CT molecular complexity index is 307. The Morgan fingerprint density at radius 2 is 2.36 bits per heavy atom. The molecule has 2 nitrogen and oxygen atoms in total. The monoisotopic (exact) mass is 278 g/mol. The van der Waals surface area contributed by atoms with Gasteiger partial charge in [-0.25, -0.2) is 4.98 Å². The first kappa shape index (κ1) is 8.75. The molecule has 1 rings (SSSR count). The summed E-state index contributed by atoms with van der Waals surface area (Å²) < 4.78 is 0.662. The van der Waals surface area contributed by atoms with Crippen molar-refractivity contribution in [2.45, 2.75) is 6.92 Å². The van der Waals surface area contributed by atoms with Gasteiger partial charge in [0.15, 0.2) is 0 Å². The van der Waals surface area contributed by atoms with Gasteiger partial charge in [0.25, 0.3) is 0 Å². The molecule has 0 saturated heterocycles. The van der Waals surface area contributed by atoms with Crippen LogP contribution in [0.5, 0.6) is 0 Å². The molecule has 0 N–H and O–H groups in total. The quantitative estimate of drug-likeness (QED) is 0.540. The Morgan fingerprint density at radius 1 is 1.73 bits per heavy atom. The summed E-state index contributed by atoms with van der Waals surface area (Å²) in [6.45, 7) is 1.84. The number of hydrogen-bond donors (Lipinski definition) is 0. The summed E-state index contributed by atoms with van der Waals surface area (Å²) >= 11 is 7.65. The maximum Gasteiger partial charge on any atom is 0.130 e. The minimum absolute atomic E-state index is 0.436.